The van der Waals surface area contributed by atoms with Crippen LogP contribution in [0.15, 0.2) is 58.4 Å². The molecule has 0 bridgehead atoms. The van der Waals surface area contributed by atoms with Crippen LogP contribution < -0.4 is 0 Å². The molecule has 1 aliphatic rings. The molecule has 1 fully saturated rings. The Morgan fingerprint density at radius 3 is 2.65 bits per heavy atom. The van der Waals surface area contributed by atoms with E-state index >= 15 is 0 Å². The second-order valence-electron chi connectivity index (χ2n) is 6.35. The summed E-state index contributed by atoms with van der Waals surface area (Å²) >= 11 is 7.31. The van der Waals surface area contributed by atoms with Crippen LogP contribution in [0.4, 0.5) is 5.69 Å². The van der Waals surface area contributed by atoms with E-state index < -0.39 is 0 Å². The third kappa shape index (κ3) is 4.29. The van der Waals surface area contributed by atoms with Crippen molar-refractivity contribution in [1.29, 1.82) is 0 Å². The molecule has 0 atom stereocenters. The molecule has 1 heterocycles. The highest BCUT2D eigenvalue weighted by molar-refractivity contribution is 8.18. The number of nitrogens with zero attached hydrogens (tertiary/aromatic N) is 2. The summed E-state index contributed by atoms with van der Waals surface area (Å²) in [6, 6.07) is 14.3. The van der Waals surface area contributed by atoms with Crippen LogP contribution >= 0.6 is 23.4 Å². The minimum absolute atomic E-state index is 0.0826. The molecule has 26 heavy (non-hydrogen) atoms. The molecule has 6 heteroatoms. The molecular weight excluding hydrogens is 368 g/mol. The van der Waals surface area contributed by atoms with E-state index in [1.165, 1.54) is 17.8 Å². The number of amidine groups is 1. The first-order valence-corrected chi connectivity index (χ1v) is 9.47. The first-order chi connectivity index (χ1) is 12.4. The summed E-state index contributed by atoms with van der Waals surface area (Å²) in [4.78, 5) is 19.7. The predicted octanol–water partition coefficient (Wildman–Crippen LogP) is 5.31. The lowest BCUT2D eigenvalue weighted by atomic mass is 10.1. The van der Waals surface area contributed by atoms with Crippen molar-refractivity contribution in [1.82, 2.24) is 4.90 Å². The van der Waals surface area contributed by atoms with E-state index in [0.29, 0.717) is 33.1 Å². The van der Waals surface area contributed by atoms with Crippen LogP contribution in [0.25, 0.3) is 6.08 Å². The highest BCUT2D eigenvalue weighted by atomic mass is 35.5. The summed E-state index contributed by atoms with van der Waals surface area (Å²) < 4.78 is 0. The van der Waals surface area contributed by atoms with Gasteiger partial charge in [-0.1, -0.05) is 43.6 Å². The number of thioether (sulfide) groups is 1. The molecule has 0 unspecified atom stereocenters. The van der Waals surface area contributed by atoms with Gasteiger partial charge in [0.25, 0.3) is 5.91 Å². The number of rotatable bonds is 4. The summed E-state index contributed by atoms with van der Waals surface area (Å²) in [6.45, 7) is 4.70. The third-order valence-electron chi connectivity index (χ3n) is 3.69. The fraction of sp³-hybridized carbons (Fsp3) is 0.200. The van der Waals surface area contributed by atoms with E-state index in [0.717, 1.165) is 5.69 Å². The normalized spacial score (nSPS) is 17.7. The van der Waals surface area contributed by atoms with Gasteiger partial charge in [0.2, 0.25) is 0 Å². The second kappa shape index (κ2) is 7.98. The molecule has 1 saturated heterocycles. The zero-order chi connectivity index (χ0) is 18.7. The fourth-order valence-electron chi connectivity index (χ4n) is 2.51. The van der Waals surface area contributed by atoms with Crippen molar-refractivity contribution >= 4 is 46.2 Å². The highest BCUT2D eigenvalue weighted by Crippen LogP contribution is 2.36. The van der Waals surface area contributed by atoms with Crippen molar-refractivity contribution in [3.05, 3.63) is 64.0 Å². The molecule has 2 aromatic carbocycles. The van der Waals surface area contributed by atoms with Gasteiger partial charge in [-0.25, -0.2) is 4.99 Å². The molecule has 0 aliphatic carbocycles. The van der Waals surface area contributed by atoms with Crippen molar-refractivity contribution in [3.8, 4) is 5.75 Å². The van der Waals surface area contributed by atoms with Crippen LogP contribution in [0.1, 0.15) is 19.4 Å². The molecule has 134 valence electrons. The van der Waals surface area contributed by atoms with Gasteiger partial charge in [-0.3, -0.25) is 9.69 Å². The number of phenolic OH excluding ortho intramolecular Hbond substituents is 1. The smallest absolute Gasteiger partial charge is 0.266 e. The van der Waals surface area contributed by atoms with Crippen molar-refractivity contribution in [2.75, 3.05) is 6.54 Å². The van der Waals surface area contributed by atoms with Gasteiger partial charge in [0, 0.05) is 17.1 Å². The lowest BCUT2D eigenvalue weighted by Gasteiger charge is -2.17. The number of hydrogen-bond donors (Lipinski definition) is 1. The predicted molar refractivity (Wildman–Crippen MR) is 109 cm³/mol. The van der Waals surface area contributed by atoms with E-state index in [9.17, 15) is 9.90 Å². The number of halogens is 1. The average molecular weight is 387 g/mol. The number of aliphatic imine (C=N–C) groups is 1. The number of benzene rings is 2. The van der Waals surface area contributed by atoms with E-state index in [4.69, 9.17) is 11.6 Å². The topological polar surface area (TPSA) is 52.9 Å². The van der Waals surface area contributed by atoms with Crippen LogP contribution in [0.5, 0.6) is 5.75 Å². The number of aromatic hydroxyl groups is 1. The Morgan fingerprint density at radius 1 is 1.23 bits per heavy atom. The SMILES string of the molecule is CC(C)CN1C(=O)/C(=C\c2cc(Cl)ccc2O)SC1=Nc1ccccc1. The first kappa shape index (κ1) is 18.5. The fourth-order valence-corrected chi connectivity index (χ4v) is 3.69. The first-order valence-electron chi connectivity index (χ1n) is 8.27. The summed E-state index contributed by atoms with van der Waals surface area (Å²) in [5, 5.41) is 11.2. The number of amides is 1. The van der Waals surface area contributed by atoms with Gasteiger partial charge in [0.05, 0.1) is 10.6 Å². The average Bonchev–Trinajstić information content (AvgIpc) is 2.87. The van der Waals surface area contributed by atoms with Crippen LogP contribution in [0, 0.1) is 5.92 Å². The van der Waals surface area contributed by atoms with Gasteiger partial charge in [-0.05, 0) is 54.1 Å². The Hall–Kier alpha value is -2.24. The van der Waals surface area contributed by atoms with Gasteiger partial charge >= 0.3 is 0 Å². The van der Waals surface area contributed by atoms with Crippen LogP contribution in [0.2, 0.25) is 5.02 Å². The maximum Gasteiger partial charge on any atom is 0.266 e. The number of hydrogen-bond acceptors (Lipinski definition) is 4. The Morgan fingerprint density at radius 2 is 1.96 bits per heavy atom. The van der Waals surface area contributed by atoms with Crippen molar-refractivity contribution in [2.45, 2.75) is 13.8 Å². The van der Waals surface area contributed by atoms with Crippen molar-refractivity contribution in [2.24, 2.45) is 10.9 Å². The maximum absolute atomic E-state index is 12.9. The molecule has 4 nitrogen and oxygen atoms in total. The summed E-state index contributed by atoms with van der Waals surface area (Å²) in [5.41, 5.74) is 1.31. The van der Waals surface area contributed by atoms with E-state index in [2.05, 4.69) is 18.8 Å². The summed E-state index contributed by atoms with van der Waals surface area (Å²) in [7, 11) is 0. The molecule has 0 spiro atoms. The molecule has 1 amide bonds. The number of para-hydroxylation sites is 1. The van der Waals surface area contributed by atoms with Crippen molar-refractivity contribution in [3.63, 3.8) is 0 Å². The van der Waals surface area contributed by atoms with Gasteiger partial charge in [-0.2, -0.15) is 0 Å². The molecular formula is C20H19ClN2O2S. The monoisotopic (exact) mass is 386 g/mol. The highest BCUT2D eigenvalue weighted by Gasteiger charge is 2.33. The number of phenols is 1. The van der Waals surface area contributed by atoms with E-state index in [-0.39, 0.29) is 11.7 Å². The number of carbonyl (C=O) groups is 1. The van der Waals surface area contributed by atoms with Crippen LogP contribution in [-0.4, -0.2) is 27.6 Å². The van der Waals surface area contributed by atoms with Crippen LogP contribution in [-0.2, 0) is 4.79 Å². The maximum atomic E-state index is 12.9. The quantitative estimate of drug-likeness (QED) is 0.725. The Kier molecular flexibility index (Phi) is 5.69. The van der Waals surface area contributed by atoms with E-state index in [1.807, 2.05) is 30.3 Å². The Balaban J connectivity index is 1.98. The van der Waals surface area contributed by atoms with Gasteiger partial charge < -0.3 is 5.11 Å². The molecule has 1 aliphatic heterocycles. The largest absolute Gasteiger partial charge is 0.507 e. The number of carbonyl (C=O) groups excluding carboxylic acids is 1. The Labute approximate surface area is 162 Å². The molecule has 1 N–H and O–H groups in total. The molecule has 0 radical (unpaired) electrons. The van der Waals surface area contributed by atoms with Crippen LogP contribution in [0.3, 0.4) is 0 Å². The molecule has 2 aromatic rings. The molecule has 0 aromatic heterocycles. The minimum atomic E-state index is -0.113. The zero-order valence-corrected chi connectivity index (χ0v) is 16.1. The molecule has 0 saturated carbocycles. The standard InChI is InChI=1S/C20H19ClN2O2S/c1-13(2)12-23-19(25)18(11-14-10-15(21)8-9-17(14)24)26-20(23)22-16-6-4-3-5-7-16/h3-11,13,24H,12H2,1-2H3/b18-11+,22-20?. The van der Waals surface area contributed by atoms with Crippen molar-refractivity contribution < 1.29 is 9.90 Å². The van der Waals surface area contributed by atoms with Gasteiger partial charge in [-0.15, -0.1) is 0 Å². The zero-order valence-electron chi connectivity index (χ0n) is 14.5. The van der Waals surface area contributed by atoms with E-state index in [1.54, 1.807) is 23.1 Å². The summed E-state index contributed by atoms with van der Waals surface area (Å²) in [6.07, 6.45) is 1.66. The summed E-state index contributed by atoms with van der Waals surface area (Å²) in [5.74, 6) is 0.274. The lowest BCUT2D eigenvalue weighted by Crippen LogP contribution is -2.32. The van der Waals surface area contributed by atoms with Gasteiger partial charge in [0.1, 0.15) is 5.75 Å². The minimum Gasteiger partial charge on any atom is -0.507 e. The second-order valence-corrected chi connectivity index (χ2v) is 7.80. The third-order valence-corrected chi connectivity index (χ3v) is 4.93. The lowest BCUT2D eigenvalue weighted by molar-refractivity contribution is -0.122. The molecule has 3 rings (SSSR count). The Bertz CT molecular complexity index is 879. The van der Waals surface area contributed by atoms with Gasteiger partial charge in [0.15, 0.2) is 5.17 Å².